The maximum Gasteiger partial charge on any atom is 0.142 e. The molecule has 4 heteroatoms. The Labute approximate surface area is 131 Å². The maximum absolute atomic E-state index is 13.5. The van der Waals surface area contributed by atoms with E-state index in [2.05, 4.69) is 12.2 Å². The first-order valence-electron chi connectivity index (χ1n) is 7.84. The molecule has 0 aliphatic heterocycles. The number of benzene rings is 1. The van der Waals surface area contributed by atoms with Gasteiger partial charge in [-0.25, -0.2) is 4.39 Å². The zero-order valence-electron chi connectivity index (χ0n) is 12.8. The van der Waals surface area contributed by atoms with E-state index in [9.17, 15) is 9.50 Å². The van der Waals surface area contributed by atoms with Crippen molar-refractivity contribution in [1.29, 1.82) is 0 Å². The van der Waals surface area contributed by atoms with Crippen LogP contribution in [0.4, 0.5) is 4.39 Å². The Morgan fingerprint density at radius 2 is 2.10 bits per heavy atom. The fourth-order valence-corrected chi connectivity index (χ4v) is 3.16. The molecule has 21 heavy (non-hydrogen) atoms. The lowest BCUT2D eigenvalue weighted by Gasteiger charge is -2.36. The summed E-state index contributed by atoms with van der Waals surface area (Å²) in [5.74, 6) is 0.359. The number of hydrogen-bond donors (Lipinski definition) is 2. The molecule has 0 aromatic heterocycles. The molecule has 1 fully saturated rings. The molecule has 0 heterocycles. The predicted octanol–water partition coefficient (Wildman–Crippen LogP) is 4.46. The minimum Gasteiger partial charge on any atom is -0.389 e. The molecule has 1 aliphatic rings. The average molecular weight is 314 g/mol. The molecule has 1 unspecified atom stereocenters. The minimum atomic E-state index is -0.620. The van der Waals surface area contributed by atoms with Crippen LogP contribution in [-0.2, 0) is 0 Å². The number of halogens is 2. The van der Waals surface area contributed by atoms with E-state index in [4.69, 9.17) is 11.6 Å². The summed E-state index contributed by atoms with van der Waals surface area (Å²) in [7, 11) is 0. The van der Waals surface area contributed by atoms with Gasteiger partial charge in [0.2, 0.25) is 0 Å². The summed E-state index contributed by atoms with van der Waals surface area (Å²) in [4.78, 5) is 0. The first-order valence-corrected chi connectivity index (χ1v) is 8.22. The van der Waals surface area contributed by atoms with Crippen LogP contribution in [0, 0.1) is 11.7 Å². The van der Waals surface area contributed by atoms with Crippen LogP contribution in [0.25, 0.3) is 0 Å². The van der Waals surface area contributed by atoms with Crippen LogP contribution in [0.3, 0.4) is 0 Å². The molecular formula is C17H25ClFNO. The van der Waals surface area contributed by atoms with Gasteiger partial charge in [-0.1, -0.05) is 31.0 Å². The van der Waals surface area contributed by atoms with Crippen LogP contribution in [0.1, 0.15) is 57.6 Å². The Kier molecular flexibility index (Phi) is 5.64. The highest BCUT2D eigenvalue weighted by atomic mass is 35.5. The average Bonchev–Trinajstić information content (AvgIpc) is 2.48. The lowest BCUT2D eigenvalue weighted by atomic mass is 9.77. The van der Waals surface area contributed by atoms with E-state index in [-0.39, 0.29) is 11.1 Å². The van der Waals surface area contributed by atoms with E-state index in [0.29, 0.717) is 6.54 Å². The summed E-state index contributed by atoms with van der Waals surface area (Å²) in [6.07, 6.45) is 5.08. The third-order valence-corrected chi connectivity index (χ3v) is 5.10. The summed E-state index contributed by atoms with van der Waals surface area (Å²) in [5, 5.41) is 14.1. The van der Waals surface area contributed by atoms with Crippen LogP contribution in [0.2, 0.25) is 5.02 Å². The summed E-state index contributed by atoms with van der Waals surface area (Å²) in [6.45, 7) is 4.74. The second-order valence-corrected chi connectivity index (χ2v) is 6.76. The topological polar surface area (TPSA) is 32.3 Å². The van der Waals surface area contributed by atoms with E-state index < -0.39 is 11.4 Å². The lowest BCUT2D eigenvalue weighted by molar-refractivity contribution is -0.0103. The predicted molar refractivity (Wildman–Crippen MR) is 85.0 cm³/mol. The van der Waals surface area contributed by atoms with E-state index in [1.165, 1.54) is 12.5 Å². The Balaban J connectivity index is 1.88. The molecule has 118 valence electrons. The highest BCUT2D eigenvalue weighted by molar-refractivity contribution is 6.30. The van der Waals surface area contributed by atoms with Gasteiger partial charge in [-0.2, -0.15) is 0 Å². The van der Waals surface area contributed by atoms with Gasteiger partial charge in [0.1, 0.15) is 5.82 Å². The molecule has 2 N–H and O–H groups in total. The Hall–Kier alpha value is -0.640. The van der Waals surface area contributed by atoms with Crippen molar-refractivity contribution in [3.05, 3.63) is 34.6 Å². The zero-order chi connectivity index (χ0) is 15.5. The molecule has 1 aromatic carbocycles. The molecule has 2 nitrogen and oxygen atoms in total. The van der Waals surface area contributed by atoms with Crippen molar-refractivity contribution in [2.75, 3.05) is 6.54 Å². The van der Waals surface area contributed by atoms with Crippen molar-refractivity contribution in [1.82, 2.24) is 5.32 Å². The van der Waals surface area contributed by atoms with Crippen molar-refractivity contribution in [2.24, 2.45) is 5.92 Å². The molecule has 0 saturated heterocycles. The van der Waals surface area contributed by atoms with Gasteiger partial charge in [0.05, 0.1) is 10.6 Å². The first kappa shape index (κ1) is 16.7. The summed E-state index contributed by atoms with van der Waals surface area (Å²) in [5.41, 5.74) is 0.230. The molecule has 1 aromatic rings. The third-order valence-electron chi connectivity index (χ3n) is 4.79. The van der Waals surface area contributed by atoms with Crippen LogP contribution < -0.4 is 5.32 Å². The number of aliphatic hydroxyl groups is 1. The van der Waals surface area contributed by atoms with Crippen molar-refractivity contribution in [2.45, 2.75) is 57.6 Å². The fourth-order valence-electron chi connectivity index (χ4n) is 3.04. The zero-order valence-corrected chi connectivity index (χ0v) is 13.6. The molecule has 0 amide bonds. The van der Waals surface area contributed by atoms with Crippen LogP contribution in [0.15, 0.2) is 18.2 Å². The smallest absolute Gasteiger partial charge is 0.142 e. The number of rotatable bonds is 5. The van der Waals surface area contributed by atoms with Gasteiger partial charge in [0, 0.05) is 12.6 Å². The normalized spacial score (nSPS) is 27.6. The Morgan fingerprint density at radius 3 is 2.67 bits per heavy atom. The summed E-state index contributed by atoms with van der Waals surface area (Å²) >= 11 is 5.70. The van der Waals surface area contributed by atoms with Crippen LogP contribution >= 0.6 is 11.6 Å². The van der Waals surface area contributed by atoms with E-state index in [1.54, 1.807) is 6.07 Å². The Bertz CT molecular complexity index is 472. The van der Waals surface area contributed by atoms with Gasteiger partial charge in [-0.3, -0.25) is 0 Å². The summed E-state index contributed by atoms with van der Waals surface area (Å²) < 4.78 is 13.5. The first-order chi connectivity index (χ1) is 9.93. The molecule has 1 aliphatic carbocycles. The van der Waals surface area contributed by atoms with Crippen LogP contribution in [-0.4, -0.2) is 17.3 Å². The van der Waals surface area contributed by atoms with Gasteiger partial charge in [-0.15, -0.1) is 0 Å². The van der Waals surface area contributed by atoms with Crippen LogP contribution in [0.5, 0.6) is 0 Å². The number of nitrogens with one attached hydrogen (secondary N) is 1. The second-order valence-electron chi connectivity index (χ2n) is 6.35. The lowest BCUT2D eigenvalue weighted by Crippen LogP contribution is -2.44. The monoisotopic (exact) mass is 313 g/mol. The third kappa shape index (κ3) is 4.41. The van der Waals surface area contributed by atoms with Crippen molar-refractivity contribution >= 4 is 11.6 Å². The molecule has 0 radical (unpaired) electrons. The fraction of sp³-hybridized carbons (Fsp3) is 0.647. The summed E-state index contributed by atoms with van der Waals surface area (Å²) in [6, 6.07) is 4.84. The van der Waals surface area contributed by atoms with Gasteiger partial charge < -0.3 is 10.4 Å². The molecule has 0 bridgehead atoms. The second kappa shape index (κ2) is 7.08. The van der Waals surface area contributed by atoms with Gasteiger partial charge >= 0.3 is 0 Å². The van der Waals surface area contributed by atoms with Crippen molar-refractivity contribution in [3.63, 3.8) is 0 Å². The van der Waals surface area contributed by atoms with E-state index in [0.717, 1.165) is 37.2 Å². The quantitative estimate of drug-likeness (QED) is 0.841. The molecule has 1 atom stereocenters. The molecule has 1 saturated carbocycles. The van der Waals surface area contributed by atoms with E-state index in [1.807, 2.05) is 13.0 Å². The van der Waals surface area contributed by atoms with Crippen molar-refractivity contribution < 1.29 is 9.50 Å². The maximum atomic E-state index is 13.5. The number of hydrogen-bond acceptors (Lipinski definition) is 2. The minimum absolute atomic E-state index is 0.00955. The largest absolute Gasteiger partial charge is 0.389 e. The molecule has 0 spiro atoms. The van der Waals surface area contributed by atoms with Gasteiger partial charge in [-0.05, 0) is 56.2 Å². The highest BCUT2D eigenvalue weighted by Crippen LogP contribution is 2.33. The standard InChI is InChI=1S/C17H25ClFNO/c1-3-13-6-8-17(21,9-7-13)11-20-12(2)14-4-5-15(18)16(19)10-14/h4-5,10,12-13,20-21H,3,6-9,11H2,1-2H3. The SMILES string of the molecule is CCC1CCC(O)(CNC(C)c2ccc(Cl)c(F)c2)CC1. The Morgan fingerprint density at radius 1 is 1.43 bits per heavy atom. The van der Waals surface area contributed by atoms with E-state index >= 15 is 0 Å². The molecular weight excluding hydrogens is 289 g/mol. The molecule has 2 rings (SSSR count). The van der Waals surface area contributed by atoms with Gasteiger partial charge in [0.15, 0.2) is 0 Å². The highest BCUT2D eigenvalue weighted by Gasteiger charge is 2.32. The van der Waals surface area contributed by atoms with Crippen molar-refractivity contribution in [3.8, 4) is 0 Å². The van der Waals surface area contributed by atoms with Gasteiger partial charge in [0.25, 0.3) is 0 Å².